The first-order chi connectivity index (χ1) is 6.36. The molecule has 1 aliphatic carbocycles. The lowest BCUT2D eigenvalue weighted by Crippen LogP contribution is -2.12. The molecule has 3 nitrogen and oxygen atoms in total. The first-order valence-corrected chi connectivity index (χ1v) is 4.72. The Morgan fingerprint density at radius 3 is 3.00 bits per heavy atom. The fourth-order valence-electron chi connectivity index (χ4n) is 1.96. The Kier molecular flexibility index (Phi) is 1.38. The van der Waals surface area contributed by atoms with Crippen molar-refractivity contribution in [1.29, 1.82) is 0 Å². The van der Waals surface area contributed by atoms with E-state index >= 15 is 0 Å². The van der Waals surface area contributed by atoms with Crippen LogP contribution >= 0.6 is 0 Å². The van der Waals surface area contributed by atoms with E-state index < -0.39 is 0 Å². The van der Waals surface area contributed by atoms with Crippen LogP contribution in [0.25, 0.3) is 0 Å². The number of nitrogens with zero attached hydrogens (tertiary/aromatic N) is 1. The van der Waals surface area contributed by atoms with E-state index in [1.165, 1.54) is 24.0 Å². The van der Waals surface area contributed by atoms with Crippen molar-refractivity contribution in [2.45, 2.75) is 24.8 Å². The molecular formula is C10H12N2O. The molecule has 2 N–H and O–H groups in total. The Bertz CT molecular complexity index is 347. The third-order valence-electron chi connectivity index (χ3n) is 2.79. The van der Waals surface area contributed by atoms with Gasteiger partial charge < -0.3 is 10.5 Å². The summed E-state index contributed by atoms with van der Waals surface area (Å²) in [7, 11) is 0. The van der Waals surface area contributed by atoms with E-state index in [0.29, 0.717) is 12.5 Å². The zero-order chi connectivity index (χ0) is 8.84. The first kappa shape index (κ1) is 7.33. The molecule has 1 saturated carbocycles. The molecule has 0 saturated heterocycles. The van der Waals surface area contributed by atoms with E-state index in [0.717, 1.165) is 5.75 Å². The number of rotatable bonds is 1. The highest BCUT2D eigenvalue weighted by Gasteiger charge is 2.32. The Morgan fingerprint density at radius 1 is 1.38 bits per heavy atom. The van der Waals surface area contributed by atoms with Gasteiger partial charge in [0.2, 0.25) is 0 Å². The van der Waals surface area contributed by atoms with Crippen molar-refractivity contribution in [2.24, 2.45) is 5.73 Å². The van der Waals surface area contributed by atoms with E-state index in [1.54, 1.807) is 6.20 Å². The lowest BCUT2D eigenvalue weighted by Gasteiger charge is -2.06. The Morgan fingerprint density at radius 2 is 2.23 bits per heavy atom. The van der Waals surface area contributed by atoms with Gasteiger partial charge in [0.15, 0.2) is 0 Å². The maximum atomic E-state index is 5.96. The van der Waals surface area contributed by atoms with Gasteiger partial charge in [0.05, 0.1) is 12.2 Å². The number of ether oxygens (including phenoxy) is 1. The second kappa shape index (κ2) is 2.45. The number of hydrogen-bond donors (Lipinski definition) is 1. The van der Waals surface area contributed by atoms with Gasteiger partial charge in [-0.3, -0.25) is 4.98 Å². The molecule has 3 heteroatoms. The van der Waals surface area contributed by atoms with Crippen molar-refractivity contribution in [3.8, 4) is 5.75 Å². The summed E-state index contributed by atoms with van der Waals surface area (Å²) in [4.78, 5) is 4.17. The lowest BCUT2D eigenvalue weighted by atomic mass is 10.0. The number of nitrogens with two attached hydrogens (primary N) is 1. The minimum absolute atomic E-state index is 0.0635. The van der Waals surface area contributed by atoms with Crippen LogP contribution in [0, 0.1) is 0 Å². The van der Waals surface area contributed by atoms with Crippen LogP contribution in [0.3, 0.4) is 0 Å². The van der Waals surface area contributed by atoms with Crippen molar-refractivity contribution < 1.29 is 4.74 Å². The quantitative estimate of drug-likeness (QED) is 0.702. The molecule has 0 spiro atoms. The highest BCUT2D eigenvalue weighted by molar-refractivity contribution is 5.45. The van der Waals surface area contributed by atoms with Crippen molar-refractivity contribution in [1.82, 2.24) is 4.98 Å². The number of pyridine rings is 1. The summed E-state index contributed by atoms with van der Waals surface area (Å²) in [5.74, 6) is 1.60. The maximum Gasteiger partial charge on any atom is 0.142 e. The number of aromatic nitrogens is 1. The topological polar surface area (TPSA) is 48.1 Å². The minimum Gasteiger partial charge on any atom is -0.490 e. The van der Waals surface area contributed by atoms with Crippen LogP contribution in [0.4, 0.5) is 0 Å². The molecule has 0 aromatic carbocycles. The number of fused-ring (bicyclic) bond motifs is 1. The number of hydrogen-bond acceptors (Lipinski definition) is 3. The summed E-state index contributed by atoms with van der Waals surface area (Å²) in [6, 6.07) is 0.0635. The van der Waals surface area contributed by atoms with Crippen LogP contribution in [0.5, 0.6) is 5.75 Å². The van der Waals surface area contributed by atoms with Gasteiger partial charge in [-0.1, -0.05) is 0 Å². The molecule has 1 aliphatic heterocycles. The van der Waals surface area contributed by atoms with Gasteiger partial charge in [0.25, 0.3) is 0 Å². The van der Waals surface area contributed by atoms with E-state index in [1.807, 2.05) is 6.20 Å². The smallest absolute Gasteiger partial charge is 0.142 e. The summed E-state index contributed by atoms with van der Waals surface area (Å²) < 4.78 is 5.44. The zero-order valence-corrected chi connectivity index (χ0v) is 7.36. The summed E-state index contributed by atoms with van der Waals surface area (Å²) in [5, 5.41) is 0. The molecule has 0 amide bonds. The average molecular weight is 176 g/mol. The second-order valence-corrected chi connectivity index (χ2v) is 3.83. The van der Waals surface area contributed by atoms with Crippen molar-refractivity contribution in [2.75, 3.05) is 6.61 Å². The Balaban J connectivity index is 2.14. The monoisotopic (exact) mass is 176 g/mol. The van der Waals surface area contributed by atoms with Crippen LogP contribution in [0.1, 0.15) is 35.9 Å². The van der Waals surface area contributed by atoms with Crippen molar-refractivity contribution >= 4 is 0 Å². The first-order valence-electron chi connectivity index (χ1n) is 4.72. The van der Waals surface area contributed by atoms with Gasteiger partial charge >= 0.3 is 0 Å². The van der Waals surface area contributed by atoms with Gasteiger partial charge in [-0.15, -0.1) is 0 Å². The lowest BCUT2D eigenvalue weighted by molar-refractivity contribution is 0.332. The Hall–Kier alpha value is -1.09. The fraction of sp³-hybridized carbons (Fsp3) is 0.500. The minimum atomic E-state index is 0.0635. The predicted molar refractivity (Wildman–Crippen MR) is 48.6 cm³/mol. The van der Waals surface area contributed by atoms with Gasteiger partial charge in [-0.2, -0.15) is 0 Å². The highest BCUT2D eigenvalue weighted by atomic mass is 16.5. The average Bonchev–Trinajstić information content (AvgIpc) is 2.92. The van der Waals surface area contributed by atoms with Crippen LogP contribution in [-0.2, 0) is 0 Å². The molecule has 0 unspecified atom stereocenters. The van der Waals surface area contributed by atoms with Crippen LogP contribution in [-0.4, -0.2) is 11.6 Å². The highest BCUT2D eigenvalue weighted by Crippen LogP contribution is 2.46. The molecule has 1 aromatic rings. The Labute approximate surface area is 76.9 Å². The molecule has 2 aliphatic rings. The standard InChI is InChI=1S/C10H12N2O/c11-8-5-13-9-4-12-3-7(10(8)9)6-1-2-6/h3-4,6,8H,1-2,5,11H2/t8-/m0/s1. The van der Waals surface area contributed by atoms with Gasteiger partial charge in [-0.05, 0) is 24.3 Å². The maximum absolute atomic E-state index is 5.96. The fourth-order valence-corrected chi connectivity index (χ4v) is 1.96. The normalized spacial score (nSPS) is 25.5. The SMILES string of the molecule is N[C@H]1COc2cncc(C3CC3)c21. The summed E-state index contributed by atoms with van der Waals surface area (Å²) in [6.07, 6.45) is 6.29. The molecular weight excluding hydrogens is 164 g/mol. The van der Waals surface area contributed by atoms with Crippen LogP contribution in [0.2, 0.25) is 0 Å². The summed E-state index contributed by atoms with van der Waals surface area (Å²) >= 11 is 0. The largest absolute Gasteiger partial charge is 0.490 e. The summed E-state index contributed by atoms with van der Waals surface area (Å²) in [5.41, 5.74) is 8.49. The molecule has 68 valence electrons. The second-order valence-electron chi connectivity index (χ2n) is 3.83. The molecule has 2 heterocycles. The predicted octanol–water partition coefficient (Wildman–Crippen LogP) is 1.35. The molecule has 13 heavy (non-hydrogen) atoms. The third kappa shape index (κ3) is 1.04. The van der Waals surface area contributed by atoms with Crippen LogP contribution < -0.4 is 10.5 Å². The van der Waals surface area contributed by atoms with E-state index in [9.17, 15) is 0 Å². The molecule has 1 aromatic heterocycles. The molecule has 1 fully saturated rings. The molecule has 0 bridgehead atoms. The van der Waals surface area contributed by atoms with Gasteiger partial charge in [0.1, 0.15) is 12.4 Å². The van der Waals surface area contributed by atoms with Gasteiger partial charge in [0, 0.05) is 11.8 Å². The van der Waals surface area contributed by atoms with Crippen LogP contribution in [0.15, 0.2) is 12.4 Å². The molecule has 3 rings (SSSR count). The summed E-state index contributed by atoms with van der Waals surface area (Å²) in [6.45, 7) is 0.612. The molecule has 1 atom stereocenters. The zero-order valence-electron chi connectivity index (χ0n) is 7.36. The third-order valence-corrected chi connectivity index (χ3v) is 2.79. The van der Waals surface area contributed by atoms with Crippen molar-refractivity contribution in [3.05, 3.63) is 23.5 Å². The van der Waals surface area contributed by atoms with E-state index in [2.05, 4.69) is 4.98 Å². The molecule has 0 radical (unpaired) electrons. The van der Waals surface area contributed by atoms with Gasteiger partial charge in [-0.25, -0.2) is 0 Å². The van der Waals surface area contributed by atoms with Crippen molar-refractivity contribution in [3.63, 3.8) is 0 Å². The van der Waals surface area contributed by atoms with E-state index in [-0.39, 0.29) is 6.04 Å². The van der Waals surface area contributed by atoms with E-state index in [4.69, 9.17) is 10.5 Å².